The van der Waals surface area contributed by atoms with E-state index in [1.54, 1.807) is 0 Å². The Labute approximate surface area is 620 Å². The maximum absolute atomic E-state index is 9.43. The molecule has 0 N–H and O–H groups in total. The van der Waals surface area contributed by atoms with Crippen molar-refractivity contribution < 1.29 is 9.31 Å². The molecule has 0 unspecified atom stereocenters. The van der Waals surface area contributed by atoms with Crippen molar-refractivity contribution in [3.05, 3.63) is 332 Å². The minimum atomic E-state index is -0.401. The summed E-state index contributed by atoms with van der Waals surface area (Å²) in [7, 11) is -0.401. The van der Waals surface area contributed by atoms with E-state index in [9.17, 15) is 5.26 Å². The van der Waals surface area contributed by atoms with Crippen LogP contribution in [0.5, 0.6) is 0 Å². The fourth-order valence-corrected chi connectivity index (χ4v) is 14.6. The molecule has 19 rings (SSSR count). The number of nitrogens with zero attached hydrogens (tertiary/aromatic N) is 8. The number of hydrogen-bond acceptors (Lipinski definition) is 10. The second kappa shape index (κ2) is 27.6. The van der Waals surface area contributed by atoms with Gasteiger partial charge >= 0.3 is 7.12 Å². The highest BCUT2D eigenvalue weighted by Gasteiger charge is 2.51. The molecule has 3 aliphatic rings. The smallest absolute Gasteiger partial charge is 0.399 e. The van der Waals surface area contributed by atoms with E-state index in [1.807, 2.05) is 200 Å². The zero-order valence-corrected chi connectivity index (χ0v) is 59.1. The summed E-state index contributed by atoms with van der Waals surface area (Å²) in [4.78, 5) is 29.0. The number of halogens is 1. The summed E-state index contributed by atoms with van der Waals surface area (Å²) in [6.45, 7) is 8.23. The van der Waals surface area contributed by atoms with Crippen LogP contribution in [0.25, 0.3) is 168 Å². The minimum absolute atomic E-state index is 0.375. The van der Waals surface area contributed by atoms with Crippen LogP contribution < -0.4 is 5.46 Å². The predicted molar refractivity (Wildman–Crippen MR) is 429 cm³/mol. The van der Waals surface area contributed by atoms with Crippen LogP contribution >= 0.6 is 11.6 Å². The van der Waals surface area contributed by atoms with E-state index in [-0.39, 0.29) is 11.2 Å². The maximum Gasteiger partial charge on any atom is 0.494 e. The molecule has 2 aromatic heterocycles. The molecule has 0 radical (unpaired) electrons. The summed E-state index contributed by atoms with van der Waals surface area (Å²) in [5.74, 6) is 3.83. The van der Waals surface area contributed by atoms with Crippen molar-refractivity contribution >= 4 is 45.7 Å². The highest BCUT2D eigenvalue weighted by molar-refractivity contribution is 6.62. The summed E-state index contributed by atoms with van der Waals surface area (Å²) < 4.78 is 12.4. The molecule has 16 aromatic rings. The van der Waals surface area contributed by atoms with Crippen molar-refractivity contribution in [3.8, 4) is 158 Å². The Hall–Kier alpha value is -13.1. The molecule has 12 heteroatoms. The lowest BCUT2D eigenvalue weighted by Gasteiger charge is -2.32. The van der Waals surface area contributed by atoms with Crippen LogP contribution in [0.4, 0.5) is 0 Å². The zero-order valence-electron chi connectivity index (χ0n) is 58.4. The molecule has 1 saturated heterocycles. The van der Waals surface area contributed by atoms with Gasteiger partial charge in [-0.3, -0.25) is 0 Å². The molecule has 0 saturated carbocycles. The van der Waals surface area contributed by atoms with Crippen molar-refractivity contribution in [1.29, 1.82) is 10.5 Å². The van der Waals surface area contributed by atoms with Crippen molar-refractivity contribution in [2.45, 2.75) is 38.9 Å². The molecule has 1 aliphatic heterocycles. The molecule has 106 heavy (non-hydrogen) atoms. The Kier molecular flexibility index (Phi) is 17.2. The van der Waals surface area contributed by atoms with Gasteiger partial charge in [0.15, 0.2) is 34.9 Å². The molecule has 10 nitrogen and oxygen atoms in total. The molecule has 2 aliphatic carbocycles. The Balaban J connectivity index is 0.000000124. The van der Waals surface area contributed by atoms with Crippen LogP contribution in [-0.2, 0) is 9.31 Å². The first kappa shape index (κ1) is 66.1. The van der Waals surface area contributed by atoms with Crippen molar-refractivity contribution in [2.75, 3.05) is 0 Å². The van der Waals surface area contributed by atoms with Gasteiger partial charge in [0.05, 0.1) is 34.5 Å². The van der Waals surface area contributed by atoms with Gasteiger partial charge < -0.3 is 9.31 Å². The van der Waals surface area contributed by atoms with Gasteiger partial charge in [0.2, 0.25) is 0 Å². The Morgan fingerprint density at radius 3 is 0.811 bits per heavy atom. The van der Waals surface area contributed by atoms with Gasteiger partial charge in [0.25, 0.3) is 0 Å². The van der Waals surface area contributed by atoms with Crippen LogP contribution in [0.3, 0.4) is 0 Å². The number of nitriles is 2. The van der Waals surface area contributed by atoms with Crippen LogP contribution in [0.1, 0.15) is 38.8 Å². The molecule has 14 aromatic carbocycles. The molecule has 0 bridgehead atoms. The summed E-state index contributed by atoms with van der Waals surface area (Å²) in [6.07, 6.45) is 0. The zero-order chi connectivity index (χ0) is 72.0. The van der Waals surface area contributed by atoms with Gasteiger partial charge in [-0.05, 0) is 158 Å². The van der Waals surface area contributed by atoms with Gasteiger partial charge in [0, 0.05) is 43.8 Å². The molecule has 3 heterocycles. The van der Waals surface area contributed by atoms with E-state index >= 15 is 0 Å². The predicted octanol–water partition coefficient (Wildman–Crippen LogP) is 22.7. The standard InChI is InChI=1S/C44H26N4.C27H26BN3O2.C23H12ClN/c45-27-28-15-17-29(18-16-28)34-23-25-38-36-13-7-8-14-37(36)39-26-24-35(40(34)41(38)39)30-19-21-33(22-20-30)44-47-42(31-9-3-1-4-10-31)46-43(48-44)32-11-5-2-6-12-32;1-26(2)27(3,4)33-28(32-26)22-17-15-21(16-18-22)25-30-23(19-11-7-5-8-12-19)29-24(31-25)20-13-9-6-10-14-20;24-21-12-11-20-18-4-2-1-3-17(18)19-10-9-16(23(21)22(19)20)15-7-5-14(13-25)6-8-15/h1-26H;5-18H,1-4H3;1-12H. The molecule has 1 fully saturated rings. The van der Waals surface area contributed by atoms with E-state index in [0.717, 1.165) is 82.6 Å². The largest absolute Gasteiger partial charge is 0.494 e. The first-order chi connectivity index (χ1) is 51.8. The van der Waals surface area contributed by atoms with Crippen molar-refractivity contribution in [2.24, 2.45) is 0 Å². The third-order valence-electron chi connectivity index (χ3n) is 20.5. The van der Waals surface area contributed by atoms with Gasteiger partial charge in [-0.2, -0.15) is 10.5 Å². The second-order valence-electron chi connectivity index (χ2n) is 27.4. The molecular formula is C94H64BClN8O2. The molecule has 0 amide bonds. The first-order valence-electron chi connectivity index (χ1n) is 35.2. The van der Waals surface area contributed by atoms with Crippen LogP contribution in [0, 0.1) is 22.7 Å². The third-order valence-corrected chi connectivity index (χ3v) is 20.8. The van der Waals surface area contributed by atoms with Crippen molar-refractivity contribution in [1.82, 2.24) is 29.9 Å². The van der Waals surface area contributed by atoms with Crippen LogP contribution in [0.15, 0.2) is 315 Å². The maximum atomic E-state index is 9.43. The minimum Gasteiger partial charge on any atom is -0.399 e. The summed E-state index contributed by atoms with van der Waals surface area (Å²) >= 11 is 6.63. The number of fused-ring (bicyclic) bond motifs is 6. The normalized spacial score (nSPS) is 13.0. The lowest BCUT2D eigenvalue weighted by molar-refractivity contribution is 0.00578. The SMILES string of the molecule is CC1(C)OB(c2ccc(-c3nc(-c4ccccc4)nc(-c4ccccc4)n3)cc2)OC1(C)C.N#Cc1ccc(-c2ccc3c4c(ccc(-c5ccc(-c6nc(-c7ccccc7)nc(-c7ccccc7)n6)cc5)c24)-c2ccccc2-3)cc1.N#Cc1ccc(-c2ccc3c4c(ccc(Cl)c24)-c2ccccc2-3)cc1. The van der Waals surface area contributed by atoms with E-state index in [4.69, 9.17) is 56.1 Å². The number of benzene rings is 14. The monoisotopic (exact) mass is 1380 g/mol. The number of aromatic nitrogens is 6. The average Bonchev–Trinajstić information content (AvgIpc) is 1.56. The van der Waals surface area contributed by atoms with Gasteiger partial charge in [-0.15, -0.1) is 0 Å². The fraction of sp³-hybridized carbons (Fsp3) is 0.0638. The Bertz CT molecular complexity index is 5960. The van der Waals surface area contributed by atoms with E-state index in [1.165, 1.54) is 60.7 Å². The Morgan fingerprint density at radius 2 is 0.491 bits per heavy atom. The van der Waals surface area contributed by atoms with E-state index < -0.39 is 7.12 Å². The van der Waals surface area contributed by atoms with Crippen molar-refractivity contribution in [3.63, 3.8) is 0 Å². The number of hydrogen-bond donors (Lipinski definition) is 0. The van der Waals surface area contributed by atoms with Gasteiger partial charge in [-0.1, -0.05) is 297 Å². The highest BCUT2D eigenvalue weighted by Crippen LogP contribution is 2.54. The average molecular weight is 1380 g/mol. The van der Waals surface area contributed by atoms with E-state index in [0.29, 0.717) is 46.1 Å². The second-order valence-corrected chi connectivity index (χ2v) is 27.8. The highest BCUT2D eigenvalue weighted by atomic mass is 35.5. The van der Waals surface area contributed by atoms with Gasteiger partial charge in [0.1, 0.15) is 0 Å². The third kappa shape index (κ3) is 12.3. The molecule has 0 atom stereocenters. The topological polar surface area (TPSA) is 143 Å². The molecular weight excluding hydrogens is 1320 g/mol. The molecule has 0 spiro atoms. The summed E-state index contributed by atoms with van der Waals surface area (Å²) in [5, 5.41) is 24.0. The summed E-state index contributed by atoms with van der Waals surface area (Å²) in [6, 6.07) is 111. The fourth-order valence-electron chi connectivity index (χ4n) is 14.4. The quantitative estimate of drug-likeness (QED) is 0.121. The van der Waals surface area contributed by atoms with Gasteiger partial charge in [-0.25, -0.2) is 29.9 Å². The molecule has 502 valence electrons. The number of rotatable bonds is 10. The first-order valence-corrected chi connectivity index (χ1v) is 35.6. The summed E-state index contributed by atoms with van der Waals surface area (Å²) in [5.41, 5.74) is 23.8. The van der Waals surface area contributed by atoms with E-state index in [2.05, 4.69) is 155 Å². The Morgan fingerprint density at radius 1 is 0.255 bits per heavy atom. The van der Waals surface area contributed by atoms with Crippen LogP contribution in [0.2, 0.25) is 5.02 Å². The lowest BCUT2D eigenvalue weighted by Crippen LogP contribution is -2.41. The van der Waals surface area contributed by atoms with Crippen LogP contribution in [-0.4, -0.2) is 48.2 Å². The lowest BCUT2D eigenvalue weighted by atomic mass is 9.79.